The Hall–Kier alpha value is -2.84. The molecule has 6 nitrogen and oxygen atoms in total. The molecule has 0 unspecified atom stereocenters. The number of carbonyl (C=O) groups is 2. The van der Waals surface area contributed by atoms with Crippen LogP contribution in [0.1, 0.15) is 66.9 Å². The Balaban J connectivity index is 1.91. The third-order valence-electron chi connectivity index (χ3n) is 5.56. The minimum Gasteiger partial charge on any atom is -0.497 e. The number of methoxy groups -OCH3 is 1. The molecular formula is C24H25NO5S2. The van der Waals surface area contributed by atoms with Crippen LogP contribution in [0.15, 0.2) is 24.3 Å². The molecule has 3 heterocycles. The highest BCUT2D eigenvalue weighted by Gasteiger charge is 2.37. The summed E-state index contributed by atoms with van der Waals surface area (Å²) >= 11 is 2.79. The molecule has 0 saturated heterocycles. The number of fused-ring (bicyclic) bond motifs is 2. The average molecular weight is 472 g/mol. The Bertz CT molecular complexity index is 1110. The number of hydrogen-bond acceptors (Lipinski definition) is 8. The highest BCUT2D eigenvalue weighted by Crippen LogP contribution is 2.54. The first kappa shape index (κ1) is 22.4. The molecule has 1 N–H and O–H groups in total. The molecule has 0 aliphatic carbocycles. The molecule has 0 bridgehead atoms. The van der Waals surface area contributed by atoms with Gasteiger partial charge in [0.05, 0.1) is 30.3 Å². The number of nitrogens with one attached hydrogen (secondary N) is 1. The molecule has 8 heteroatoms. The predicted molar refractivity (Wildman–Crippen MR) is 127 cm³/mol. The lowest BCUT2D eigenvalue weighted by atomic mass is 9.81. The topological polar surface area (TPSA) is 73.9 Å². The van der Waals surface area contributed by atoms with Gasteiger partial charge in [-0.2, -0.15) is 0 Å². The molecule has 3 aromatic rings. The lowest BCUT2D eigenvalue weighted by Crippen LogP contribution is -2.13. The summed E-state index contributed by atoms with van der Waals surface area (Å²) in [5.41, 5.74) is 4.91. The Labute approximate surface area is 195 Å². The second-order valence-corrected chi connectivity index (χ2v) is 9.41. The number of esters is 2. The first-order valence-electron chi connectivity index (χ1n) is 10.4. The second-order valence-electron chi connectivity index (χ2n) is 7.37. The Morgan fingerprint density at radius 3 is 1.75 bits per heavy atom. The molecule has 4 rings (SSSR count). The summed E-state index contributed by atoms with van der Waals surface area (Å²) in [6.45, 7) is 8.17. The summed E-state index contributed by atoms with van der Waals surface area (Å²) in [5.74, 6) is 0.0107. The van der Waals surface area contributed by atoms with E-state index in [-0.39, 0.29) is 17.9 Å². The quantitative estimate of drug-likeness (QED) is 0.346. The van der Waals surface area contributed by atoms with Gasteiger partial charge in [-0.05, 0) is 56.5 Å². The van der Waals surface area contributed by atoms with E-state index in [4.69, 9.17) is 14.2 Å². The summed E-state index contributed by atoms with van der Waals surface area (Å²) in [6.07, 6.45) is 0. The lowest BCUT2D eigenvalue weighted by molar-refractivity contribution is 0.0521. The van der Waals surface area contributed by atoms with Crippen molar-refractivity contribution in [2.75, 3.05) is 25.6 Å². The van der Waals surface area contributed by atoms with Gasteiger partial charge in [0.25, 0.3) is 0 Å². The largest absolute Gasteiger partial charge is 0.497 e. The van der Waals surface area contributed by atoms with Crippen LogP contribution in [0.3, 0.4) is 0 Å². The zero-order valence-electron chi connectivity index (χ0n) is 18.7. The molecule has 0 radical (unpaired) electrons. The van der Waals surface area contributed by atoms with Crippen molar-refractivity contribution in [3.8, 4) is 5.75 Å². The van der Waals surface area contributed by atoms with Crippen molar-refractivity contribution in [1.29, 1.82) is 0 Å². The van der Waals surface area contributed by atoms with Gasteiger partial charge in [0.1, 0.15) is 15.5 Å². The van der Waals surface area contributed by atoms with Crippen LogP contribution < -0.4 is 10.1 Å². The fourth-order valence-electron chi connectivity index (χ4n) is 4.09. The zero-order chi connectivity index (χ0) is 23.0. The first-order chi connectivity index (χ1) is 15.4. The molecule has 2 aromatic heterocycles. The maximum Gasteiger partial charge on any atom is 0.348 e. The van der Waals surface area contributed by atoms with Crippen LogP contribution in [0.2, 0.25) is 0 Å². The normalized spacial score (nSPS) is 12.5. The van der Waals surface area contributed by atoms with Crippen LogP contribution in [0.4, 0.5) is 10.0 Å². The molecule has 1 aliphatic rings. The van der Waals surface area contributed by atoms with E-state index in [1.54, 1.807) is 21.0 Å². The minimum absolute atomic E-state index is 0.133. The number of benzene rings is 1. The molecule has 32 heavy (non-hydrogen) atoms. The van der Waals surface area contributed by atoms with E-state index in [0.717, 1.165) is 43.6 Å². The summed E-state index contributed by atoms with van der Waals surface area (Å²) < 4.78 is 15.9. The summed E-state index contributed by atoms with van der Waals surface area (Å²) in [6, 6.07) is 7.92. The smallest absolute Gasteiger partial charge is 0.348 e. The van der Waals surface area contributed by atoms with Gasteiger partial charge in [-0.15, -0.1) is 22.7 Å². The van der Waals surface area contributed by atoms with E-state index < -0.39 is 0 Å². The van der Waals surface area contributed by atoms with E-state index in [0.29, 0.717) is 23.0 Å². The Morgan fingerprint density at radius 2 is 1.34 bits per heavy atom. The first-order valence-corrected chi connectivity index (χ1v) is 12.1. The van der Waals surface area contributed by atoms with Crippen LogP contribution in [0, 0.1) is 13.8 Å². The van der Waals surface area contributed by atoms with Gasteiger partial charge in [-0.3, -0.25) is 0 Å². The van der Waals surface area contributed by atoms with Gasteiger partial charge >= 0.3 is 11.9 Å². The van der Waals surface area contributed by atoms with Crippen molar-refractivity contribution in [3.05, 3.63) is 61.8 Å². The maximum absolute atomic E-state index is 12.6. The van der Waals surface area contributed by atoms with Crippen molar-refractivity contribution in [2.24, 2.45) is 0 Å². The summed E-state index contributed by atoms with van der Waals surface area (Å²) in [4.78, 5) is 26.4. The molecule has 0 saturated carbocycles. The maximum atomic E-state index is 12.6. The predicted octanol–water partition coefficient (Wildman–Crippen LogP) is 6.03. The molecule has 1 aliphatic heterocycles. The molecule has 0 amide bonds. The molecule has 0 atom stereocenters. The van der Waals surface area contributed by atoms with Crippen molar-refractivity contribution in [2.45, 2.75) is 33.6 Å². The van der Waals surface area contributed by atoms with Crippen molar-refractivity contribution < 1.29 is 23.8 Å². The number of carbonyl (C=O) groups excluding carboxylic acids is 2. The monoisotopic (exact) mass is 471 g/mol. The highest BCUT2D eigenvalue weighted by atomic mass is 32.1. The number of ether oxygens (including phenoxy) is 3. The Morgan fingerprint density at radius 1 is 0.875 bits per heavy atom. The lowest BCUT2D eigenvalue weighted by Gasteiger charge is -2.27. The SMILES string of the molecule is CCOC(=O)c1sc2c(c1C)C(c1ccc(OC)cc1)c1c(sc(C(=O)OCC)c1C)N2. The third-order valence-corrected chi connectivity index (χ3v) is 7.97. The van der Waals surface area contributed by atoms with Gasteiger partial charge in [0, 0.05) is 17.0 Å². The van der Waals surface area contributed by atoms with Crippen LogP contribution >= 0.6 is 22.7 Å². The minimum atomic E-state index is -0.313. The van der Waals surface area contributed by atoms with E-state index in [1.165, 1.54) is 22.7 Å². The summed E-state index contributed by atoms with van der Waals surface area (Å²) in [7, 11) is 1.64. The summed E-state index contributed by atoms with van der Waals surface area (Å²) in [5, 5.41) is 5.27. The van der Waals surface area contributed by atoms with E-state index in [9.17, 15) is 9.59 Å². The fourth-order valence-corrected chi connectivity index (χ4v) is 6.44. The van der Waals surface area contributed by atoms with E-state index in [1.807, 2.05) is 38.1 Å². The molecule has 0 spiro atoms. The average Bonchev–Trinajstić information content (AvgIpc) is 3.30. The molecule has 0 fully saturated rings. The molecule has 1 aromatic carbocycles. The van der Waals surface area contributed by atoms with Crippen molar-refractivity contribution in [1.82, 2.24) is 0 Å². The second kappa shape index (κ2) is 8.96. The number of rotatable bonds is 6. The van der Waals surface area contributed by atoms with Crippen molar-refractivity contribution in [3.63, 3.8) is 0 Å². The van der Waals surface area contributed by atoms with E-state index in [2.05, 4.69) is 5.32 Å². The highest BCUT2D eigenvalue weighted by molar-refractivity contribution is 7.20. The Kier molecular flexibility index (Phi) is 6.26. The number of hydrogen-bond donors (Lipinski definition) is 1. The van der Waals surface area contributed by atoms with Crippen LogP contribution in [-0.2, 0) is 9.47 Å². The van der Waals surface area contributed by atoms with Crippen LogP contribution in [0.5, 0.6) is 5.75 Å². The van der Waals surface area contributed by atoms with Gasteiger partial charge in [0.2, 0.25) is 0 Å². The molecular weight excluding hydrogens is 446 g/mol. The third kappa shape index (κ3) is 3.67. The molecule has 168 valence electrons. The number of thiophene rings is 2. The van der Waals surface area contributed by atoms with Gasteiger partial charge in [-0.25, -0.2) is 9.59 Å². The standard InChI is InChI=1S/C24H25NO5S2/c1-6-29-23(26)19-12(3)16-18(14-8-10-15(28-5)11-9-14)17-13(4)20(24(27)30-7-2)32-22(17)25-21(16)31-19/h8-11,18,25H,6-7H2,1-5H3. The van der Waals surface area contributed by atoms with E-state index >= 15 is 0 Å². The van der Waals surface area contributed by atoms with Crippen LogP contribution in [0.25, 0.3) is 0 Å². The zero-order valence-corrected chi connectivity index (χ0v) is 20.3. The van der Waals surface area contributed by atoms with Gasteiger partial charge in [-0.1, -0.05) is 12.1 Å². The number of anilines is 2. The fraction of sp³-hybridized carbons (Fsp3) is 0.333. The van der Waals surface area contributed by atoms with Crippen LogP contribution in [-0.4, -0.2) is 32.3 Å². The van der Waals surface area contributed by atoms with Gasteiger partial charge in [0.15, 0.2) is 0 Å². The van der Waals surface area contributed by atoms with Gasteiger partial charge < -0.3 is 19.5 Å². The van der Waals surface area contributed by atoms with Crippen molar-refractivity contribution >= 4 is 44.6 Å².